The van der Waals surface area contributed by atoms with Crippen LogP contribution in [-0.2, 0) is 14.3 Å². The number of Topliss-reactive ketones (excluding diaryl/α,β-unsaturated/α-hetero) is 1. The Balaban J connectivity index is 2.10. The van der Waals surface area contributed by atoms with Crippen LogP contribution in [0.1, 0.15) is 52.4 Å². The van der Waals surface area contributed by atoms with E-state index >= 15 is 0 Å². The molecule has 0 aromatic heterocycles. The van der Waals surface area contributed by atoms with Crippen LogP contribution in [-0.4, -0.2) is 31.2 Å². The molecule has 1 heterocycles. The summed E-state index contributed by atoms with van der Waals surface area (Å²) in [7, 11) is 1.65. The average molecular weight is 228 g/mol. The molecule has 0 aromatic carbocycles. The molecule has 0 N–H and O–H groups in total. The lowest BCUT2D eigenvalue weighted by molar-refractivity contribution is -0.124. The van der Waals surface area contributed by atoms with Gasteiger partial charge in [-0.25, -0.2) is 0 Å². The summed E-state index contributed by atoms with van der Waals surface area (Å²) in [6.07, 6.45) is 5.89. The van der Waals surface area contributed by atoms with E-state index in [1.54, 1.807) is 7.11 Å². The fraction of sp³-hybridized carbons (Fsp3) is 0.923. The second kappa shape index (κ2) is 6.36. The Morgan fingerprint density at radius 2 is 2.25 bits per heavy atom. The Labute approximate surface area is 98.5 Å². The molecule has 3 nitrogen and oxygen atoms in total. The maximum absolute atomic E-state index is 11.7. The molecule has 1 atom stereocenters. The van der Waals surface area contributed by atoms with Crippen LogP contribution in [0.15, 0.2) is 0 Å². The van der Waals surface area contributed by atoms with E-state index in [1.807, 2.05) is 13.8 Å². The molecule has 94 valence electrons. The van der Waals surface area contributed by atoms with Crippen molar-refractivity contribution in [1.29, 1.82) is 0 Å². The van der Waals surface area contributed by atoms with Gasteiger partial charge in [-0.2, -0.15) is 0 Å². The largest absolute Gasteiger partial charge is 0.378 e. The van der Waals surface area contributed by atoms with Crippen molar-refractivity contribution in [3.8, 4) is 0 Å². The molecule has 1 fully saturated rings. The molecule has 1 saturated heterocycles. The number of methoxy groups -OCH3 is 1. The van der Waals surface area contributed by atoms with E-state index in [1.165, 1.54) is 6.42 Å². The molecule has 3 heteroatoms. The van der Waals surface area contributed by atoms with Gasteiger partial charge >= 0.3 is 0 Å². The fourth-order valence-electron chi connectivity index (χ4n) is 2.03. The third-order valence-electron chi connectivity index (χ3n) is 3.18. The summed E-state index contributed by atoms with van der Waals surface area (Å²) in [6.45, 7) is 4.80. The molecule has 0 amide bonds. The minimum Gasteiger partial charge on any atom is -0.378 e. The number of rotatable bonds is 7. The maximum Gasteiger partial charge on any atom is 0.135 e. The van der Waals surface area contributed by atoms with E-state index in [0.717, 1.165) is 25.9 Å². The highest BCUT2D eigenvalue weighted by atomic mass is 16.5. The van der Waals surface area contributed by atoms with E-state index < -0.39 is 0 Å². The average Bonchev–Trinajstić information content (AvgIpc) is 2.70. The first-order valence-corrected chi connectivity index (χ1v) is 6.22. The predicted octanol–water partition coefficient (Wildman–Crippen LogP) is 2.72. The van der Waals surface area contributed by atoms with Gasteiger partial charge in [-0.05, 0) is 39.5 Å². The Morgan fingerprint density at radius 1 is 1.50 bits per heavy atom. The topological polar surface area (TPSA) is 35.5 Å². The molecular formula is C13H24O3. The molecule has 1 aliphatic heterocycles. The van der Waals surface area contributed by atoms with Gasteiger partial charge in [0.1, 0.15) is 5.78 Å². The molecule has 0 aromatic rings. The van der Waals surface area contributed by atoms with Crippen LogP contribution in [0.3, 0.4) is 0 Å². The Hall–Kier alpha value is -0.410. The molecule has 1 rings (SSSR count). The minimum absolute atomic E-state index is 0.296. The second-order valence-corrected chi connectivity index (χ2v) is 5.21. The first-order chi connectivity index (χ1) is 7.53. The summed E-state index contributed by atoms with van der Waals surface area (Å²) in [5, 5.41) is 0. The van der Waals surface area contributed by atoms with Crippen molar-refractivity contribution >= 4 is 5.78 Å². The van der Waals surface area contributed by atoms with Gasteiger partial charge in [0.15, 0.2) is 0 Å². The van der Waals surface area contributed by atoms with Crippen LogP contribution >= 0.6 is 0 Å². The molecule has 16 heavy (non-hydrogen) atoms. The zero-order valence-electron chi connectivity index (χ0n) is 10.8. The van der Waals surface area contributed by atoms with Crippen molar-refractivity contribution < 1.29 is 14.3 Å². The van der Waals surface area contributed by atoms with Crippen LogP contribution in [0.25, 0.3) is 0 Å². The van der Waals surface area contributed by atoms with Crippen LogP contribution in [0, 0.1) is 0 Å². The lowest BCUT2D eigenvalue weighted by atomic mass is 9.98. The van der Waals surface area contributed by atoms with Gasteiger partial charge in [0.05, 0.1) is 11.7 Å². The van der Waals surface area contributed by atoms with Crippen molar-refractivity contribution in [3.63, 3.8) is 0 Å². The van der Waals surface area contributed by atoms with E-state index in [9.17, 15) is 4.79 Å². The SMILES string of the molecule is COC(C)(C)CC(=O)CCCC1CCCO1. The van der Waals surface area contributed by atoms with E-state index in [2.05, 4.69) is 0 Å². The van der Waals surface area contributed by atoms with Crippen LogP contribution in [0.4, 0.5) is 0 Å². The van der Waals surface area contributed by atoms with Gasteiger partial charge in [0, 0.05) is 26.6 Å². The van der Waals surface area contributed by atoms with Gasteiger partial charge < -0.3 is 9.47 Å². The van der Waals surface area contributed by atoms with Crippen molar-refractivity contribution in [2.75, 3.05) is 13.7 Å². The van der Waals surface area contributed by atoms with E-state index in [0.29, 0.717) is 24.7 Å². The molecular weight excluding hydrogens is 204 g/mol. The number of hydrogen-bond acceptors (Lipinski definition) is 3. The third-order valence-corrected chi connectivity index (χ3v) is 3.18. The highest BCUT2D eigenvalue weighted by Crippen LogP contribution is 2.19. The van der Waals surface area contributed by atoms with Gasteiger partial charge in [-0.3, -0.25) is 4.79 Å². The maximum atomic E-state index is 11.7. The summed E-state index contributed by atoms with van der Waals surface area (Å²) in [6, 6.07) is 0. The molecule has 0 bridgehead atoms. The number of carbonyl (C=O) groups is 1. The quantitative estimate of drug-likeness (QED) is 0.672. The van der Waals surface area contributed by atoms with Crippen molar-refractivity contribution in [3.05, 3.63) is 0 Å². The lowest BCUT2D eigenvalue weighted by Gasteiger charge is -2.21. The standard InChI is InChI=1S/C13H24O3/c1-13(2,15-3)10-11(14)6-4-7-12-8-5-9-16-12/h12H,4-10H2,1-3H3. The molecule has 0 spiro atoms. The van der Waals surface area contributed by atoms with Gasteiger partial charge in [-0.1, -0.05) is 0 Å². The van der Waals surface area contributed by atoms with Crippen LogP contribution in [0.5, 0.6) is 0 Å². The fourth-order valence-corrected chi connectivity index (χ4v) is 2.03. The monoisotopic (exact) mass is 228 g/mol. The molecule has 0 radical (unpaired) electrons. The van der Waals surface area contributed by atoms with E-state index in [4.69, 9.17) is 9.47 Å². The molecule has 1 aliphatic rings. The number of ether oxygens (including phenoxy) is 2. The summed E-state index contributed by atoms with van der Waals surface area (Å²) in [4.78, 5) is 11.7. The highest BCUT2D eigenvalue weighted by molar-refractivity contribution is 5.79. The van der Waals surface area contributed by atoms with Gasteiger partial charge in [-0.15, -0.1) is 0 Å². The summed E-state index contributed by atoms with van der Waals surface area (Å²) < 4.78 is 10.8. The van der Waals surface area contributed by atoms with Crippen molar-refractivity contribution in [1.82, 2.24) is 0 Å². The Bertz CT molecular complexity index is 217. The van der Waals surface area contributed by atoms with Gasteiger partial charge in [0.2, 0.25) is 0 Å². The predicted molar refractivity (Wildman–Crippen MR) is 63.5 cm³/mol. The van der Waals surface area contributed by atoms with Crippen LogP contribution in [0.2, 0.25) is 0 Å². The Morgan fingerprint density at radius 3 is 2.81 bits per heavy atom. The summed E-state index contributed by atoms with van der Waals surface area (Å²) >= 11 is 0. The van der Waals surface area contributed by atoms with Gasteiger partial charge in [0.25, 0.3) is 0 Å². The van der Waals surface area contributed by atoms with Crippen molar-refractivity contribution in [2.45, 2.75) is 64.1 Å². The smallest absolute Gasteiger partial charge is 0.135 e. The zero-order valence-corrected chi connectivity index (χ0v) is 10.8. The number of ketones is 1. The Kier molecular flexibility index (Phi) is 5.42. The summed E-state index contributed by atoms with van der Waals surface area (Å²) in [5.74, 6) is 0.296. The normalized spacial score (nSPS) is 21.3. The molecule has 1 unspecified atom stereocenters. The number of carbonyl (C=O) groups excluding carboxylic acids is 1. The summed E-state index contributed by atoms with van der Waals surface area (Å²) in [5.41, 5.74) is -0.319. The first-order valence-electron chi connectivity index (χ1n) is 6.22. The second-order valence-electron chi connectivity index (χ2n) is 5.21. The lowest BCUT2D eigenvalue weighted by Crippen LogP contribution is -2.26. The zero-order chi connectivity index (χ0) is 12.0. The van der Waals surface area contributed by atoms with Crippen molar-refractivity contribution in [2.24, 2.45) is 0 Å². The molecule has 0 aliphatic carbocycles. The minimum atomic E-state index is -0.319. The van der Waals surface area contributed by atoms with E-state index in [-0.39, 0.29) is 5.60 Å². The van der Waals surface area contributed by atoms with Crippen LogP contribution < -0.4 is 0 Å². The molecule has 0 saturated carbocycles. The first kappa shape index (κ1) is 13.7. The number of hydrogen-bond donors (Lipinski definition) is 0. The third kappa shape index (κ3) is 5.08. The highest BCUT2D eigenvalue weighted by Gasteiger charge is 2.21.